The van der Waals surface area contributed by atoms with Gasteiger partial charge in [0.1, 0.15) is 0 Å². The maximum atomic E-state index is 14.8. The third-order valence-electron chi connectivity index (χ3n) is 11.0. The second-order valence-corrected chi connectivity index (χ2v) is 15.5. The van der Waals surface area contributed by atoms with Crippen LogP contribution in [0.1, 0.15) is 110 Å². The van der Waals surface area contributed by atoms with Crippen LogP contribution in [0.15, 0.2) is 133 Å². The number of anilines is 3. The number of benzene rings is 6. The summed E-state index contributed by atoms with van der Waals surface area (Å²) in [6, 6.07) is 29.9. The Morgan fingerprint density at radius 1 is 0.587 bits per heavy atom. The van der Waals surface area contributed by atoms with Gasteiger partial charge in [0, 0.05) is 22.9 Å². The SMILES string of the molecule is C[C@H](NC(=O)c1cccc(N(C(=O)c2ccccc2C(=O)Nc2cccc(C(=O)NC3CCCCCC3)c2)c2cc(C(F)(F)F)cc(C(F)(F)F)c2)c1)c1cccc2ccccc12. The van der Waals surface area contributed by atoms with Crippen molar-refractivity contribution in [3.8, 4) is 0 Å². The van der Waals surface area contributed by atoms with Crippen molar-refractivity contribution >= 4 is 51.5 Å². The number of hydrogen-bond acceptors (Lipinski definition) is 4. The zero-order chi connectivity index (χ0) is 44.9. The first-order valence-electron chi connectivity index (χ1n) is 20.4. The van der Waals surface area contributed by atoms with Crippen molar-refractivity contribution in [1.29, 1.82) is 0 Å². The van der Waals surface area contributed by atoms with Gasteiger partial charge in [-0.15, -0.1) is 0 Å². The highest BCUT2D eigenvalue weighted by Gasteiger charge is 2.38. The van der Waals surface area contributed by atoms with Gasteiger partial charge in [0.2, 0.25) is 0 Å². The summed E-state index contributed by atoms with van der Waals surface area (Å²) in [4.78, 5) is 56.3. The van der Waals surface area contributed by atoms with Crippen molar-refractivity contribution in [2.24, 2.45) is 0 Å². The molecule has 4 amide bonds. The minimum Gasteiger partial charge on any atom is -0.349 e. The lowest BCUT2D eigenvalue weighted by Gasteiger charge is -2.26. The second-order valence-electron chi connectivity index (χ2n) is 15.5. The molecule has 1 fully saturated rings. The molecule has 0 aromatic heterocycles. The molecule has 1 saturated carbocycles. The molecule has 324 valence electrons. The van der Waals surface area contributed by atoms with Crippen molar-refractivity contribution in [2.75, 3.05) is 10.2 Å². The lowest BCUT2D eigenvalue weighted by atomic mass is 9.99. The Balaban J connectivity index is 1.24. The summed E-state index contributed by atoms with van der Waals surface area (Å²) in [6.07, 6.45) is -4.62. The first-order valence-corrected chi connectivity index (χ1v) is 20.4. The molecule has 6 aromatic carbocycles. The van der Waals surface area contributed by atoms with Gasteiger partial charge in [-0.25, -0.2) is 0 Å². The maximum absolute atomic E-state index is 14.8. The zero-order valence-corrected chi connectivity index (χ0v) is 33.9. The first kappa shape index (κ1) is 44.1. The van der Waals surface area contributed by atoms with Crippen molar-refractivity contribution < 1.29 is 45.5 Å². The number of rotatable bonds is 10. The summed E-state index contributed by atoms with van der Waals surface area (Å²) >= 11 is 0. The molecule has 0 radical (unpaired) electrons. The van der Waals surface area contributed by atoms with Crippen LogP contribution in [0.5, 0.6) is 0 Å². The predicted molar refractivity (Wildman–Crippen MR) is 229 cm³/mol. The Morgan fingerprint density at radius 3 is 1.86 bits per heavy atom. The number of fused-ring (bicyclic) bond motifs is 1. The van der Waals surface area contributed by atoms with Gasteiger partial charge in [-0.2, -0.15) is 26.3 Å². The molecule has 0 spiro atoms. The van der Waals surface area contributed by atoms with E-state index in [0.29, 0.717) is 17.0 Å². The van der Waals surface area contributed by atoms with E-state index in [1.807, 2.05) is 42.5 Å². The molecule has 0 heterocycles. The van der Waals surface area contributed by atoms with Crippen molar-refractivity contribution in [2.45, 2.75) is 69.9 Å². The Kier molecular flexibility index (Phi) is 13.0. The molecular weight excluding hydrogens is 823 g/mol. The van der Waals surface area contributed by atoms with Gasteiger partial charge in [-0.3, -0.25) is 24.1 Å². The summed E-state index contributed by atoms with van der Waals surface area (Å²) in [5, 5.41) is 10.4. The highest BCUT2D eigenvalue weighted by molar-refractivity contribution is 6.18. The average molecular weight is 865 g/mol. The molecule has 0 saturated heterocycles. The van der Waals surface area contributed by atoms with E-state index in [1.165, 1.54) is 60.7 Å². The van der Waals surface area contributed by atoms with Crippen LogP contribution < -0.4 is 20.9 Å². The van der Waals surface area contributed by atoms with Gasteiger partial charge < -0.3 is 16.0 Å². The number of halogens is 6. The third kappa shape index (κ3) is 10.4. The van der Waals surface area contributed by atoms with Crippen molar-refractivity contribution in [3.05, 3.63) is 172 Å². The van der Waals surface area contributed by atoms with Crippen LogP contribution in [-0.4, -0.2) is 29.7 Å². The van der Waals surface area contributed by atoms with Crippen LogP contribution in [0.3, 0.4) is 0 Å². The maximum Gasteiger partial charge on any atom is 0.416 e. The lowest BCUT2D eigenvalue weighted by Crippen LogP contribution is -2.34. The number of hydrogen-bond donors (Lipinski definition) is 3. The first-order chi connectivity index (χ1) is 30.1. The molecule has 6 aromatic rings. The Morgan fingerprint density at radius 2 is 1.17 bits per heavy atom. The highest BCUT2D eigenvalue weighted by atomic mass is 19.4. The molecule has 0 unspecified atom stereocenters. The Hall–Kier alpha value is -6.96. The minimum atomic E-state index is -5.26. The van der Waals surface area contributed by atoms with Gasteiger partial charge >= 0.3 is 12.4 Å². The highest BCUT2D eigenvalue weighted by Crippen LogP contribution is 2.41. The molecule has 3 N–H and O–H groups in total. The van der Waals surface area contributed by atoms with Crippen LogP contribution in [0.25, 0.3) is 10.8 Å². The van der Waals surface area contributed by atoms with Crippen LogP contribution in [-0.2, 0) is 12.4 Å². The second kappa shape index (κ2) is 18.6. The number of carbonyl (C=O) groups is 4. The van der Waals surface area contributed by atoms with Crippen LogP contribution in [0, 0.1) is 0 Å². The average Bonchev–Trinajstić information content (AvgIpc) is 3.54. The van der Waals surface area contributed by atoms with Gasteiger partial charge in [-0.05, 0) is 103 Å². The van der Waals surface area contributed by atoms with E-state index >= 15 is 0 Å². The van der Waals surface area contributed by atoms with Crippen LogP contribution >= 0.6 is 0 Å². The Labute approximate surface area is 359 Å². The topological polar surface area (TPSA) is 108 Å². The lowest BCUT2D eigenvalue weighted by molar-refractivity contribution is -0.143. The smallest absolute Gasteiger partial charge is 0.349 e. The largest absolute Gasteiger partial charge is 0.416 e. The summed E-state index contributed by atoms with van der Waals surface area (Å²) in [5.41, 5.74) is -3.93. The molecule has 1 atom stereocenters. The van der Waals surface area contributed by atoms with E-state index in [2.05, 4.69) is 16.0 Å². The van der Waals surface area contributed by atoms with E-state index in [-0.39, 0.29) is 51.6 Å². The molecule has 7 rings (SSSR count). The molecule has 1 aliphatic rings. The summed E-state index contributed by atoms with van der Waals surface area (Å²) in [7, 11) is 0. The van der Waals surface area contributed by atoms with Crippen molar-refractivity contribution in [1.82, 2.24) is 10.6 Å². The molecular formula is C49H42F6N4O4. The molecule has 8 nitrogen and oxygen atoms in total. The summed E-state index contributed by atoms with van der Waals surface area (Å²) in [5.74, 6) is -3.00. The van der Waals surface area contributed by atoms with E-state index in [0.717, 1.165) is 54.9 Å². The van der Waals surface area contributed by atoms with Crippen molar-refractivity contribution in [3.63, 3.8) is 0 Å². The van der Waals surface area contributed by atoms with E-state index < -0.39 is 52.9 Å². The van der Waals surface area contributed by atoms with Crippen LogP contribution in [0.4, 0.5) is 43.4 Å². The van der Waals surface area contributed by atoms with Gasteiger partial charge in [0.15, 0.2) is 0 Å². The van der Waals surface area contributed by atoms with E-state index in [9.17, 15) is 45.5 Å². The van der Waals surface area contributed by atoms with Gasteiger partial charge in [-0.1, -0.05) is 92.4 Å². The monoisotopic (exact) mass is 864 g/mol. The number of alkyl halides is 6. The fraction of sp³-hybridized carbons (Fsp3) is 0.224. The van der Waals surface area contributed by atoms with E-state index in [4.69, 9.17) is 0 Å². The molecule has 14 heteroatoms. The normalized spacial score (nSPS) is 14.0. The van der Waals surface area contributed by atoms with Crippen LogP contribution in [0.2, 0.25) is 0 Å². The number of nitrogens with one attached hydrogen (secondary N) is 3. The Bertz CT molecular complexity index is 2630. The van der Waals surface area contributed by atoms with E-state index in [1.54, 1.807) is 19.1 Å². The molecule has 1 aliphatic carbocycles. The minimum absolute atomic E-state index is 0.0109. The third-order valence-corrected chi connectivity index (χ3v) is 11.0. The summed E-state index contributed by atoms with van der Waals surface area (Å²) < 4.78 is 85.5. The number of amides is 4. The quantitative estimate of drug-likeness (QED) is 0.0941. The fourth-order valence-corrected chi connectivity index (χ4v) is 7.84. The standard InChI is InChI=1S/C49H42F6N4O4/c1-30(40-24-12-14-31-13-6-7-21-41(31)40)56-44(60)33-16-11-20-38(26-33)59(39-28-34(48(50,51)52)27-35(29-39)49(53,54)55)47(63)43-23-9-8-22-42(43)46(62)58-37-19-10-15-32(25-37)45(61)57-36-17-4-2-3-5-18-36/h6-16,19-30,36H,2-5,17-18H2,1H3,(H,56,60)(H,57,61)(H,58,62)/t30-/m0/s1. The number of carbonyl (C=O) groups excluding carboxylic acids is 4. The predicted octanol–water partition coefficient (Wildman–Crippen LogP) is 12.1. The fourth-order valence-electron chi connectivity index (χ4n) is 7.84. The summed E-state index contributed by atoms with van der Waals surface area (Å²) in [6.45, 7) is 1.76. The molecule has 63 heavy (non-hydrogen) atoms. The molecule has 0 aliphatic heterocycles. The number of nitrogens with zero attached hydrogens (tertiary/aromatic N) is 1. The van der Waals surface area contributed by atoms with Gasteiger partial charge in [0.25, 0.3) is 23.6 Å². The zero-order valence-electron chi connectivity index (χ0n) is 33.9. The van der Waals surface area contributed by atoms with Gasteiger partial charge in [0.05, 0.1) is 39.7 Å². The molecule has 0 bridgehead atoms.